The molecule has 27 heavy (non-hydrogen) atoms. The number of rotatable bonds is 7. The van der Waals surface area contributed by atoms with Gasteiger partial charge in [-0.15, -0.1) is 0 Å². The maximum atomic E-state index is 12.1. The van der Waals surface area contributed by atoms with E-state index in [2.05, 4.69) is 5.32 Å². The van der Waals surface area contributed by atoms with Crippen molar-refractivity contribution < 1.29 is 24.0 Å². The highest BCUT2D eigenvalue weighted by molar-refractivity contribution is 6.35. The van der Waals surface area contributed by atoms with E-state index in [4.69, 9.17) is 32.7 Å². The van der Waals surface area contributed by atoms with E-state index in [1.807, 2.05) is 0 Å². The van der Waals surface area contributed by atoms with Gasteiger partial charge in [0.2, 0.25) is 0 Å². The molecule has 2 aromatic rings. The summed E-state index contributed by atoms with van der Waals surface area (Å²) >= 11 is 11.8. The number of anilines is 1. The molecule has 0 aliphatic carbocycles. The summed E-state index contributed by atoms with van der Waals surface area (Å²) in [5, 5.41) is 13.8. The van der Waals surface area contributed by atoms with E-state index in [9.17, 15) is 19.7 Å². The number of halogens is 2. The molecule has 142 valence electrons. The summed E-state index contributed by atoms with van der Waals surface area (Å²) < 4.78 is 10.1. The first-order valence-corrected chi connectivity index (χ1v) is 8.34. The van der Waals surface area contributed by atoms with E-state index in [0.717, 1.165) is 0 Å². The minimum absolute atomic E-state index is 0.102. The summed E-state index contributed by atoms with van der Waals surface area (Å²) in [5.74, 6) is -1.13. The van der Waals surface area contributed by atoms with E-state index in [0.29, 0.717) is 10.7 Å². The Morgan fingerprint density at radius 2 is 1.85 bits per heavy atom. The predicted molar refractivity (Wildman–Crippen MR) is 99.2 cm³/mol. The third-order valence-corrected chi connectivity index (χ3v) is 3.83. The molecule has 0 radical (unpaired) electrons. The van der Waals surface area contributed by atoms with Gasteiger partial charge in [-0.25, -0.2) is 4.79 Å². The number of hydrogen-bond donors (Lipinski definition) is 1. The van der Waals surface area contributed by atoms with E-state index < -0.39 is 29.5 Å². The van der Waals surface area contributed by atoms with Crippen molar-refractivity contribution in [3.05, 3.63) is 62.6 Å². The lowest BCUT2D eigenvalue weighted by Gasteiger charge is -2.14. The molecule has 0 aliphatic heterocycles. The second kappa shape index (κ2) is 9.20. The van der Waals surface area contributed by atoms with Gasteiger partial charge in [0, 0.05) is 17.2 Å². The van der Waals surface area contributed by atoms with Crippen molar-refractivity contribution in [2.24, 2.45) is 0 Å². The van der Waals surface area contributed by atoms with Crippen molar-refractivity contribution in [2.45, 2.75) is 13.0 Å². The molecular weight excluding hydrogens is 399 g/mol. The van der Waals surface area contributed by atoms with Crippen LogP contribution in [0.5, 0.6) is 5.75 Å². The Bertz CT molecular complexity index is 857. The smallest absolute Gasteiger partial charge is 0.344 e. The van der Waals surface area contributed by atoms with Crippen LogP contribution in [0.1, 0.15) is 6.92 Å². The summed E-state index contributed by atoms with van der Waals surface area (Å²) in [6, 6.07) is 9.74. The van der Waals surface area contributed by atoms with Crippen molar-refractivity contribution in [3.8, 4) is 5.75 Å². The second-order valence-electron chi connectivity index (χ2n) is 5.29. The predicted octanol–water partition coefficient (Wildman–Crippen LogP) is 3.85. The van der Waals surface area contributed by atoms with Gasteiger partial charge in [-0.1, -0.05) is 23.2 Å². The Morgan fingerprint density at radius 3 is 2.48 bits per heavy atom. The quantitative estimate of drug-likeness (QED) is 0.420. The van der Waals surface area contributed by atoms with Gasteiger partial charge in [-0.3, -0.25) is 14.9 Å². The van der Waals surface area contributed by atoms with Gasteiger partial charge >= 0.3 is 5.97 Å². The largest absolute Gasteiger partial charge is 0.482 e. The maximum Gasteiger partial charge on any atom is 0.344 e. The average molecular weight is 413 g/mol. The van der Waals surface area contributed by atoms with Crippen molar-refractivity contribution in [2.75, 3.05) is 11.9 Å². The normalized spacial score (nSPS) is 11.4. The lowest BCUT2D eigenvalue weighted by molar-refractivity contribution is -0.384. The van der Waals surface area contributed by atoms with Crippen LogP contribution in [0.3, 0.4) is 0 Å². The monoisotopic (exact) mass is 412 g/mol. The molecule has 0 unspecified atom stereocenters. The van der Waals surface area contributed by atoms with E-state index in [1.165, 1.54) is 43.3 Å². The van der Waals surface area contributed by atoms with Crippen LogP contribution in [-0.2, 0) is 14.3 Å². The number of carbonyl (C=O) groups is 2. The average Bonchev–Trinajstić information content (AvgIpc) is 2.63. The Kier molecular flexibility index (Phi) is 6.98. The molecule has 2 rings (SSSR count). The third-order valence-electron chi connectivity index (χ3n) is 3.27. The maximum absolute atomic E-state index is 12.1. The van der Waals surface area contributed by atoms with Crippen LogP contribution in [0.25, 0.3) is 0 Å². The molecule has 0 aromatic heterocycles. The molecule has 0 aliphatic rings. The van der Waals surface area contributed by atoms with Gasteiger partial charge < -0.3 is 14.8 Å². The first-order chi connectivity index (χ1) is 12.8. The molecule has 1 amide bonds. The van der Waals surface area contributed by atoms with E-state index in [-0.39, 0.29) is 16.5 Å². The number of nitrogens with zero attached hydrogens (tertiary/aromatic N) is 1. The molecule has 0 fully saturated rings. The minimum Gasteiger partial charge on any atom is -0.482 e. The third kappa shape index (κ3) is 6.12. The van der Waals surface area contributed by atoms with Crippen molar-refractivity contribution in [1.29, 1.82) is 0 Å². The highest BCUT2D eigenvalue weighted by Gasteiger charge is 2.19. The highest BCUT2D eigenvalue weighted by Crippen LogP contribution is 2.25. The van der Waals surface area contributed by atoms with Gasteiger partial charge in [0.25, 0.3) is 11.6 Å². The number of benzene rings is 2. The standard InChI is InChI=1S/C17H14Cl2N2O6/c1-10(17(23)20-15-8-11(18)2-7-14(15)19)27-16(22)9-26-13-5-3-12(4-6-13)21(24)25/h2-8,10H,9H2,1H3,(H,20,23)/t10-/m1/s1. The lowest BCUT2D eigenvalue weighted by Crippen LogP contribution is -2.31. The van der Waals surface area contributed by atoms with E-state index in [1.54, 1.807) is 6.07 Å². The summed E-state index contributed by atoms with van der Waals surface area (Å²) in [7, 11) is 0. The molecule has 0 heterocycles. The molecular formula is C17H14Cl2N2O6. The Morgan fingerprint density at radius 1 is 1.19 bits per heavy atom. The van der Waals surface area contributed by atoms with Crippen LogP contribution in [0.4, 0.5) is 11.4 Å². The zero-order chi connectivity index (χ0) is 20.0. The molecule has 0 bridgehead atoms. The number of hydrogen-bond acceptors (Lipinski definition) is 6. The van der Waals surface area contributed by atoms with Gasteiger partial charge in [0.1, 0.15) is 5.75 Å². The topological polar surface area (TPSA) is 108 Å². The fourth-order valence-corrected chi connectivity index (χ4v) is 2.26. The number of esters is 1. The molecule has 1 N–H and O–H groups in total. The van der Waals surface area contributed by atoms with Gasteiger partial charge in [-0.2, -0.15) is 0 Å². The minimum atomic E-state index is -1.10. The molecule has 0 saturated carbocycles. The van der Waals surface area contributed by atoms with Crippen LogP contribution in [0.15, 0.2) is 42.5 Å². The van der Waals surface area contributed by atoms with Crippen LogP contribution >= 0.6 is 23.2 Å². The molecule has 1 atom stereocenters. The van der Waals surface area contributed by atoms with Gasteiger partial charge in [-0.05, 0) is 37.3 Å². The molecule has 8 nitrogen and oxygen atoms in total. The number of amides is 1. The molecule has 0 saturated heterocycles. The van der Waals surface area contributed by atoms with Crippen molar-refractivity contribution in [1.82, 2.24) is 0 Å². The first kappa shape index (κ1) is 20.5. The van der Waals surface area contributed by atoms with Crippen LogP contribution < -0.4 is 10.1 Å². The molecule has 10 heteroatoms. The summed E-state index contributed by atoms with van der Waals surface area (Å²) in [6.45, 7) is 0.922. The molecule has 2 aromatic carbocycles. The Balaban J connectivity index is 1.84. The fourth-order valence-electron chi connectivity index (χ4n) is 1.92. The SMILES string of the molecule is C[C@@H](OC(=O)COc1ccc([N+](=O)[O-])cc1)C(=O)Nc1cc(Cl)ccc1Cl. The number of nitro groups is 1. The van der Waals surface area contributed by atoms with Crippen molar-refractivity contribution >= 4 is 46.5 Å². The summed E-state index contributed by atoms with van der Waals surface area (Å²) in [4.78, 5) is 33.9. The fraction of sp³-hybridized carbons (Fsp3) is 0.176. The number of ether oxygens (including phenoxy) is 2. The summed E-state index contributed by atoms with van der Waals surface area (Å²) in [6.07, 6.45) is -1.10. The van der Waals surface area contributed by atoms with E-state index >= 15 is 0 Å². The van der Waals surface area contributed by atoms with Crippen LogP contribution in [0.2, 0.25) is 10.0 Å². The Hall–Kier alpha value is -2.84. The highest BCUT2D eigenvalue weighted by atomic mass is 35.5. The zero-order valence-corrected chi connectivity index (χ0v) is 15.5. The van der Waals surface area contributed by atoms with Gasteiger partial charge in [0.15, 0.2) is 12.7 Å². The van der Waals surface area contributed by atoms with Crippen molar-refractivity contribution in [3.63, 3.8) is 0 Å². The number of nitrogens with one attached hydrogen (secondary N) is 1. The summed E-state index contributed by atoms with van der Waals surface area (Å²) in [5.41, 5.74) is 0.189. The van der Waals surface area contributed by atoms with Crippen LogP contribution in [0, 0.1) is 10.1 Å². The second-order valence-corrected chi connectivity index (χ2v) is 6.13. The first-order valence-electron chi connectivity index (χ1n) is 7.59. The lowest BCUT2D eigenvalue weighted by atomic mass is 10.3. The zero-order valence-electron chi connectivity index (χ0n) is 14.0. The van der Waals surface area contributed by atoms with Crippen LogP contribution in [-0.4, -0.2) is 29.5 Å². The number of nitro benzene ring substituents is 1. The number of non-ortho nitro benzene ring substituents is 1. The van der Waals surface area contributed by atoms with Gasteiger partial charge in [0.05, 0.1) is 15.6 Å². The Labute approximate surface area is 164 Å². The molecule has 0 spiro atoms. The number of carbonyl (C=O) groups excluding carboxylic acids is 2.